The lowest BCUT2D eigenvalue weighted by atomic mass is 10.1. The van der Waals surface area contributed by atoms with Gasteiger partial charge in [0, 0.05) is 72.1 Å². The molecule has 0 spiro atoms. The minimum atomic E-state index is -0.189. The fourth-order valence-corrected chi connectivity index (χ4v) is 5.68. The summed E-state index contributed by atoms with van der Waals surface area (Å²) in [4.78, 5) is 42.8. The molecule has 0 unspecified atom stereocenters. The summed E-state index contributed by atoms with van der Waals surface area (Å²) in [6.07, 6.45) is 3.70. The molecule has 2 aromatic carbocycles. The Morgan fingerprint density at radius 3 is 2.67 bits per heavy atom. The Morgan fingerprint density at radius 2 is 1.88 bits per heavy atom. The van der Waals surface area contributed by atoms with Crippen LogP contribution < -0.4 is 15.5 Å². The number of carbonyl (C=O) groups excluding carboxylic acids is 2. The summed E-state index contributed by atoms with van der Waals surface area (Å²) in [5.41, 5.74) is 7.21. The van der Waals surface area contributed by atoms with Crippen molar-refractivity contribution in [3.05, 3.63) is 77.2 Å². The quantitative estimate of drug-likeness (QED) is 0.275. The molecule has 3 amide bonds. The van der Waals surface area contributed by atoms with Gasteiger partial charge in [-0.15, -0.1) is 0 Å². The van der Waals surface area contributed by atoms with Crippen LogP contribution in [0.5, 0.6) is 0 Å². The number of amides is 3. The standard InChI is InChI=1S/C31H31N9O3/c1-18-15-33-30(35-26-14-19(2)38(3)37-26)36-27(18)22-16-32-28-20(22)6-5-9-25(28)40-17-23-21(29(40)41)7-4-8-24(23)34-31(42)39-10-12-43-13-11-39/h4-9,14-16,32H,10-13,17H2,1-3H3,(H,34,42)(H,33,35,36,37). The lowest BCUT2D eigenvalue weighted by Crippen LogP contribution is -2.43. The smallest absolute Gasteiger partial charge is 0.322 e. The molecule has 7 rings (SSSR count). The van der Waals surface area contributed by atoms with E-state index in [0.717, 1.165) is 44.7 Å². The highest BCUT2D eigenvalue weighted by Gasteiger charge is 2.32. The molecule has 218 valence electrons. The Kier molecular flexibility index (Phi) is 6.54. The first-order valence-corrected chi connectivity index (χ1v) is 14.2. The topological polar surface area (TPSA) is 133 Å². The minimum Gasteiger partial charge on any atom is -0.378 e. The molecule has 2 aliphatic heterocycles. The molecule has 5 heterocycles. The van der Waals surface area contributed by atoms with E-state index in [2.05, 4.69) is 25.7 Å². The van der Waals surface area contributed by atoms with Crippen LogP contribution in [0.1, 0.15) is 27.2 Å². The fraction of sp³-hybridized carbons (Fsp3) is 0.258. The van der Waals surface area contributed by atoms with Crippen LogP contribution in [0.15, 0.2) is 54.9 Å². The number of hydrogen-bond donors (Lipinski definition) is 3. The molecule has 5 aromatic rings. The summed E-state index contributed by atoms with van der Waals surface area (Å²) in [5.74, 6) is 1.00. The van der Waals surface area contributed by atoms with Crippen LogP contribution in [0.25, 0.3) is 22.2 Å². The summed E-state index contributed by atoms with van der Waals surface area (Å²) >= 11 is 0. The third-order valence-electron chi connectivity index (χ3n) is 8.07. The highest BCUT2D eigenvalue weighted by molar-refractivity contribution is 6.15. The third kappa shape index (κ3) is 4.75. The molecular formula is C31H31N9O3. The number of aryl methyl sites for hydroxylation is 3. The van der Waals surface area contributed by atoms with Crippen LogP contribution in [0, 0.1) is 13.8 Å². The average molecular weight is 578 g/mol. The van der Waals surface area contributed by atoms with Crippen molar-refractivity contribution in [1.82, 2.24) is 29.6 Å². The number of para-hydroxylation sites is 1. The maximum Gasteiger partial charge on any atom is 0.322 e. The Labute approximate surface area is 247 Å². The van der Waals surface area contributed by atoms with Crippen molar-refractivity contribution in [2.75, 3.05) is 41.8 Å². The highest BCUT2D eigenvalue weighted by Crippen LogP contribution is 2.39. The van der Waals surface area contributed by atoms with Crippen LogP contribution in [0.2, 0.25) is 0 Å². The van der Waals surface area contributed by atoms with Gasteiger partial charge in [-0.2, -0.15) is 5.10 Å². The second kappa shape index (κ2) is 10.6. The summed E-state index contributed by atoms with van der Waals surface area (Å²) in [5, 5.41) is 11.6. The SMILES string of the molecule is Cc1cnc(Nc2cc(C)n(C)n2)nc1-c1c[nH]c2c(N3Cc4c(NC(=O)N5CCOCC5)cccc4C3=O)cccc12. The second-order valence-corrected chi connectivity index (χ2v) is 10.8. The van der Waals surface area contributed by atoms with Gasteiger partial charge in [-0.25, -0.2) is 14.8 Å². The van der Waals surface area contributed by atoms with E-state index in [0.29, 0.717) is 55.9 Å². The number of H-pyrrole nitrogens is 1. The van der Waals surface area contributed by atoms with Gasteiger partial charge in [0.25, 0.3) is 5.91 Å². The van der Waals surface area contributed by atoms with Gasteiger partial charge in [-0.05, 0) is 37.6 Å². The van der Waals surface area contributed by atoms with E-state index >= 15 is 0 Å². The van der Waals surface area contributed by atoms with Gasteiger partial charge in [-0.3, -0.25) is 9.48 Å². The zero-order valence-corrected chi connectivity index (χ0v) is 24.1. The molecule has 1 saturated heterocycles. The Bertz CT molecular complexity index is 1870. The molecule has 0 atom stereocenters. The van der Waals surface area contributed by atoms with Gasteiger partial charge in [0.2, 0.25) is 5.95 Å². The molecule has 0 bridgehead atoms. The monoisotopic (exact) mass is 577 g/mol. The van der Waals surface area contributed by atoms with Crippen LogP contribution in [-0.2, 0) is 18.3 Å². The molecule has 0 aliphatic carbocycles. The van der Waals surface area contributed by atoms with E-state index in [4.69, 9.17) is 9.72 Å². The first-order chi connectivity index (χ1) is 20.9. The molecule has 3 N–H and O–H groups in total. The van der Waals surface area contributed by atoms with E-state index in [1.807, 2.05) is 63.5 Å². The number of benzene rings is 2. The van der Waals surface area contributed by atoms with E-state index in [9.17, 15) is 9.59 Å². The van der Waals surface area contributed by atoms with E-state index in [-0.39, 0.29) is 11.9 Å². The van der Waals surface area contributed by atoms with Crippen molar-refractivity contribution in [3.63, 3.8) is 0 Å². The lowest BCUT2D eigenvalue weighted by Gasteiger charge is -2.27. The number of nitrogens with one attached hydrogen (secondary N) is 3. The van der Waals surface area contributed by atoms with Gasteiger partial charge in [0.05, 0.1) is 36.7 Å². The van der Waals surface area contributed by atoms with Crippen molar-refractivity contribution in [2.45, 2.75) is 20.4 Å². The number of fused-ring (bicyclic) bond motifs is 2. The predicted molar refractivity (Wildman–Crippen MR) is 164 cm³/mol. The number of ether oxygens (including phenoxy) is 1. The summed E-state index contributed by atoms with van der Waals surface area (Å²) < 4.78 is 7.16. The van der Waals surface area contributed by atoms with Gasteiger partial charge in [0.1, 0.15) is 0 Å². The molecule has 1 fully saturated rings. The molecule has 43 heavy (non-hydrogen) atoms. The molecule has 12 heteroatoms. The molecule has 3 aromatic heterocycles. The van der Waals surface area contributed by atoms with Crippen molar-refractivity contribution in [2.24, 2.45) is 7.05 Å². The Morgan fingerprint density at radius 1 is 1.07 bits per heavy atom. The van der Waals surface area contributed by atoms with Crippen LogP contribution in [0.3, 0.4) is 0 Å². The van der Waals surface area contributed by atoms with E-state index < -0.39 is 0 Å². The molecule has 12 nitrogen and oxygen atoms in total. The summed E-state index contributed by atoms with van der Waals surface area (Å²) in [7, 11) is 1.89. The first kappa shape index (κ1) is 26.7. The summed E-state index contributed by atoms with van der Waals surface area (Å²) in [6, 6.07) is 13.1. The third-order valence-corrected chi connectivity index (χ3v) is 8.07. The number of hydrogen-bond acceptors (Lipinski definition) is 7. The maximum atomic E-state index is 13.7. The lowest BCUT2D eigenvalue weighted by molar-refractivity contribution is 0.0564. The Balaban J connectivity index is 1.19. The van der Waals surface area contributed by atoms with E-state index in [1.165, 1.54) is 0 Å². The number of urea groups is 1. The van der Waals surface area contributed by atoms with Crippen LogP contribution >= 0.6 is 0 Å². The van der Waals surface area contributed by atoms with Crippen LogP contribution in [0.4, 0.5) is 27.9 Å². The Hall–Kier alpha value is -5.23. The largest absolute Gasteiger partial charge is 0.378 e. The molecule has 0 saturated carbocycles. The second-order valence-electron chi connectivity index (χ2n) is 10.8. The number of morpholine rings is 1. The first-order valence-electron chi connectivity index (χ1n) is 14.2. The van der Waals surface area contributed by atoms with Gasteiger partial charge in [-0.1, -0.05) is 18.2 Å². The minimum absolute atomic E-state index is 0.114. The van der Waals surface area contributed by atoms with Crippen molar-refractivity contribution >= 4 is 46.0 Å². The number of carbonyl (C=O) groups is 2. The summed E-state index contributed by atoms with van der Waals surface area (Å²) in [6.45, 7) is 6.40. The number of anilines is 4. The number of aromatic nitrogens is 5. The normalized spacial score (nSPS) is 14.8. The van der Waals surface area contributed by atoms with Crippen molar-refractivity contribution < 1.29 is 14.3 Å². The van der Waals surface area contributed by atoms with Gasteiger partial charge in [0.15, 0.2) is 5.82 Å². The van der Waals surface area contributed by atoms with Crippen molar-refractivity contribution in [3.8, 4) is 11.3 Å². The number of nitrogens with zero attached hydrogens (tertiary/aromatic N) is 6. The van der Waals surface area contributed by atoms with E-state index in [1.54, 1.807) is 26.7 Å². The zero-order valence-electron chi connectivity index (χ0n) is 24.1. The number of aromatic amines is 1. The number of rotatable bonds is 5. The van der Waals surface area contributed by atoms with Crippen molar-refractivity contribution in [1.29, 1.82) is 0 Å². The maximum absolute atomic E-state index is 13.7. The van der Waals surface area contributed by atoms with Gasteiger partial charge >= 0.3 is 6.03 Å². The highest BCUT2D eigenvalue weighted by atomic mass is 16.5. The van der Waals surface area contributed by atoms with Gasteiger partial charge < -0.3 is 30.2 Å². The zero-order chi connectivity index (χ0) is 29.7. The molecular weight excluding hydrogens is 546 g/mol. The average Bonchev–Trinajstić information content (AvgIpc) is 3.69. The molecule has 2 aliphatic rings. The fourth-order valence-electron chi connectivity index (χ4n) is 5.68. The van der Waals surface area contributed by atoms with Crippen LogP contribution in [-0.4, -0.2) is 67.9 Å². The predicted octanol–water partition coefficient (Wildman–Crippen LogP) is 4.74. The molecule has 0 radical (unpaired) electrons.